The topological polar surface area (TPSA) is 94.2 Å². The summed E-state index contributed by atoms with van der Waals surface area (Å²) >= 11 is 0. The standard InChI is InChI=1S/C11H23N5O/c1-8(2)14-11(17)15-9-3-5-16(6-4-9)7-10(12)13/h8-9H,3-7H2,1-2H3,(H3,12,13)(H2,14,15,17). The largest absolute Gasteiger partial charge is 0.387 e. The molecule has 5 N–H and O–H groups in total. The van der Waals surface area contributed by atoms with Gasteiger partial charge < -0.3 is 16.4 Å². The second kappa shape index (κ2) is 6.44. The molecule has 1 saturated heterocycles. The molecule has 17 heavy (non-hydrogen) atoms. The van der Waals surface area contributed by atoms with E-state index in [0.29, 0.717) is 6.54 Å². The molecule has 0 aromatic heterocycles. The Bertz CT molecular complexity index is 271. The van der Waals surface area contributed by atoms with E-state index in [-0.39, 0.29) is 24.0 Å². The minimum absolute atomic E-state index is 0.0926. The van der Waals surface area contributed by atoms with Crippen molar-refractivity contribution >= 4 is 11.9 Å². The molecule has 0 aromatic carbocycles. The van der Waals surface area contributed by atoms with Crippen molar-refractivity contribution in [3.05, 3.63) is 0 Å². The molecule has 0 spiro atoms. The number of rotatable bonds is 4. The van der Waals surface area contributed by atoms with Crippen LogP contribution in [-0.4, -0.2) is 48.5 Å². The summed E-state index contributed by atoms with van der Waals surface area (Å²) in [5, 5.41) is 13.0. The first-order valence-electron chi connectivity index (χ1n) is 6.09. The smallest absolute Gasteiger partial charge is 0.315 e. The van der Waals surface area contributed by atoms with Crippen LogP contribution in [0.3, 0.4) is 0 Å². The molecule has 0 bridgehead atoms. The Labute approximate surface area is 102 Å². The van der Waals surface area contributed by atoms with Crippen molar-refractivity contribution in [1.82, 2.24) is 15.5 Å². The number of carbonyl (C=O) groups excluding carboxylic acids is 1. The molecule has 0 aromatic rings. The molecule has 0 unspecified atom stereocenters. The molecule has 1 heterocycles. The minimum atomic E-state index is -0.0926. The van der Waals surface area contributed by atoms with Crippen LogP contribution < -0.4 is 16.4 Å². The first-order chi connectivity index (χ1) is 7.97. The van der Waals surface area contributed by atoms with Gasteiger partial charge in [0.25, 0.3) is 0 Å². The van der Waals surface area contributed by atoms with Gasteiger partial charge in [0.2, 0.25) is 0 Å². The highest BCUT2D eigenvalue weighted by molar-refractivity contribution is 5.79. The summed E-state index contributed by atoms with van der Waals surface area (Å²) < 4.78 is 0. The summed E-state index contributed by atoms with van der Waals surface area (Å²) in [5.41, 5.74) is 5.36. The number of carbonyl (C=O) groups is 1. The van der Waals surface area contributed by atoms with Crippen LogP contribution in [0.4, 0.5) is 4.79 Å². The fourth-order valence-electron chi connectivity index (χ4n) is 1.97. The van der Waals surface area contributed by atoms with Crippen molar-refractivity contribution in [3.63, 3.8) is 0 Å². The number of urea groups is 1. The van der Waals surface area contributed by atoms with E-state index in [1.807, 2.05) is 13.8 Å². The van der Waals surface area contributed by atoms with Crippen LogP contribution >= 0.6 is 0 Å². The summed E-state index contributed by atoms with van der Waals surface area (Å²) in [5.74, 6) is 0.203. The summed E-state index contributed by atoms with van der Waals surface area (Å²) in [6.07, 6.45) is 1.83. The molecule has 0 atom stereocenters. The second-order valence-electron chi connectivity index (χ2n) is 4.85. The molecule has 1 aliphatic rings. The highest BCUT2D eigenvalue weighted by atomic mass is 16.2. The average Bonchev–Trinajstić information content (AvgIpc) is 2.18. The average molecular weight is 241 g/mol. The molecule has 98 valence electrons. The van der Waals surface area contributed by atoms with Crippen LogP contribution in [0.25, 0.3) is 0 Å². The Balaban J connectivity index is 2.23. The maximum absolute atomic E-state index is 11.5. The third-order valence-corrected chi connectivity index (χ3v) is 2.74. The normalized spacial score (nSPS) is 18.1. The van der Waals surface area contributed by atoms with Crippen LogP contribution in [0.1, 0.15) is 26.7 Å². The number of nitrogens with one attached hydrogen (secondary N) is 3. The maximum Gasteiger partial charge on any atom is 0.315 e. The molecule has 6 nitrogen and oxygen atoms in total. The fraction of sp³-hybridized carbons (Fsp3) is 0.818. The molecular formula is C11H23N5O. The highest BCUT2D eigenvalue weighted by Gasteiger charge is 2.20. The summed E-state index contributed by atoms with van der Waals surface area (Å²) in [7, 11) is 0. The van der Waals surface area contributed by atoms with Gasteiger partial charge in [-0.2, -0.15) is 0 Å². The van der Waals surface area contributed by atoms with Crippen molar-refractivity contribution in [2.75, 3.05) is 19.6 Å². The van der Waals surface area contributed by atoms with E-state index in [4.69, 9.17) is 11.1 Å². The summed E-state index contributed by atoms with van der Waals surface area (Å²) in [6.45, 7) is 6.17. The van der Waals surface area contributed by atoms with Crippen LogP contribution in [0.2, 0.25) is 0 Å². The van der Waals surface area contributed by atoms with Gasteiger partial charge >= 0.3 is 6.03 Å². The van der Waals surface area contributed by atoms with E-state index < -0.39 is 0 Å². The van der Waals surface area contributed by atoms with Crippen LogP contribution in [0, 0.1) is 5.41 Å². The lowest BCUT2D eigenvalue weighted by Gasteiger charge is -2.32. The van der Waals surface area contributed by atoms with Gasteiger partial charge in [-0.1, -0.05) is 0 Å². The lowest BCUT2D eigenvalue weighted by molar-refractivity contribution is 0.205. The van der Waals surface area contributed by atoms with Crippen molar-refractivity contribution in [2.24, 2.45) is 5.73 Å². The van der Waals surface area contributed by atoms with Crippen molar-refractivity contribution in [2.45, 2.75) is 38.8 Å². The van der Waals surface area contributed by atoms with Crippen LogP contribution in [0.5, 0.6) is 0 Å². The Morgan fingerprint density at radius 3 is 2.53 bits per heavy atom. The molecule has 0 aliphatic carbocycles. The number of hydrogen-bond donors (Lipinski definition) is 4. The lowest BCUT2D eigenvalue weighted by atomic mass is 10.1. The quantitative estimate of drug-likeness (QED) is 0.415. The SMILES string of the molecule is CC(C)NC(=O)NC1CCN(CC(=N)N)CC1. The van der Waals surface area contributed by atoms with Crippen LogP contribution in [-0.2, 0) is 0 Å². The van der Waals surface area contributed by atoms with Gasteiger partial charge in [-0.25, -0.2) is 4.79 Å². The first-order valence-corrected chi connectivity index (χ1v) is 6.09. The zero-order valence-electron chi connectivity index (χ0n) is 10.6. The van der Waals surface area contributed by atoms with E-state index in [1.165, 1.54) is 0 Å². The predicted molar refractivity (Wildman–Crippen MR) is 68.2 cm³/mol. The Morgan fingerprint density at radius 2 is 2.06 bits per heavy atom. The molecule has 0 radical (unpaired) electrons. The highest BCUT2D eigenvalue weighted by Crippen LogP contribution is 2.09. The van der Waals surface area contributed by atoms with Crippen molar-refractivity contribution in [1.29, 1.82) is 5.41 Å². The van der Waals surface area contributed by atoms with Gasteiger partial charge in [0.05, 0.1) is 6.54 Å². The second-order valence-corrected chi connectivity index (χ2v) is 4.85. The van der Waals surface area contributed by atoms with Gasteiger partial charge in [-0.3, -0.25) is 10.3 Å². The third-order valence-electron chi connectivity index (χ3n) is 2.74. The number of amidine groups is 1. The van der Waals surface area contributed by atoms with E-state index in [1.54, 1.807) is 0 Å². The Morgan fingerprint density at radius 1 is 1.47 bits per heavy atom. The Hall–Kier alpha value is -1.30. The summed E-state index contributed by atoms with van der Waals surface area (Å²) in [4.78, 5) is 13.6. The fourth-order valence-corrected chi connectivity index (χ4v) is 1.97. The number of nitrogens with two attached hydrogens (primary N) is 1. The monoisotopic (exact) mass is 241 g/mol. The lowest BCUT2D eigenvalue weighted by Crippen LogP contribution is -2.50. The minimum Gasteiger partial charge on any atom is -0.387 e. The molecule has 1 rings (SSSR count). The number of likely N-dealkylation sites (tertiary alicyclic amines) is 1. The predicted octanol–water partition coefficient (Wildman–Crippen LogP) is 0.0944. The van der Waals surface area contributed by atoms with Crippen molar-refractivity contribution in [3.8, 4) is 0 Å². The van der Waals surface area contributed by atoms with E-state index >= 15 is 0 Å². The number of amides is 2. The van der Waals surface area contributed by atoms with E-state index in [9.17, 15) is 4.79 Å². The van der Waals surface area contributed by atoms with Crippen molar-refractivity contribution < 1.29 is 4.79 Å². The Kier molecular flexibility index (Phi) is 5.21. The molecule has 1 fully saturated rings. The first kappa shape index (κ1) is 13.8. The van der Waals surface area contributed by atoms with E-state index in [2.05, 4.69) is 15.5 Å². The zero-order chi connectivity index (χ0) is 12.8. The maximum atomic E-state index is 11.5. The number of hydrogen-bond acceptors (Lipinski definition) is 3. The number of nitrogens with zero attached hydrogens (tertiary/aromatic N) is 1. The zero-order valence-corrected chi connectivity index (χ0v) is 10.6. The van der Waals surface area contributed by atoms with Gasteiger partial charge in [0, 0.05) is 25.2 Å². The number of piperidine rings is 1. The molecule has 6 heteroatoms. The van der Waals surface area contributed by atoms with Crippen LogP contribution in [0.15, 0.2) is 0 Å². The van der Waals surface area contributed by atoms with Gasteiger partial charge in [0.15, 0.2) is 0 Å². The molecule has 2 amide bonds. The molecule has 0 saturated carbocycles. The summed E-state index contributed by atoms with van der Waals surface area (Å²) in [6, 6.07) is 0.301. The van der Waals surface area contributed by atoms with Gasteiger partial charge in [-0.05, 0) is 26.7 Å². The van der Waals surface area contributed by atoms with E-state index in [0.717, 1.165) is 25.9 Å². The van der Waals surface area contributed by atoms with Gasteiger partial charge in [0.1, 0.15) is 5.84 Å². The third kappa shape index (κ3) is 5.53. The van der Waals surface area contributed by atoms with Gasteiger partial charge in [-0.15, -0.1) is 0 Å². The molecule has 1 aliphatic heterocycles. The molecular weight excluding hydrogens is 218 g/mol.